The fourth-order valence-corrected chi connectivity index (χ4v) is 4.75. The maximum atomic E-state index is 3.62. The third-order valence-corrected chi connectivity index (χ3v) is 5.54. The Morgan fingerprint density at radius 2 is 1.67 bits per heavy atom. The van der Waals surface area contributed by atoms with Gasteiger partial charge in [0.05, 0.1) is 0 Å². The maximum absolute atomic E-state index is 3.62. The van der Waals surface area contributed by atoms with Gasteiger partial charge in [0, 0.05) is 0 Å². The van der Waals surface area contributed by atoms with E-state index in [9.17, 15) is 0 Å². The Kier molecular flexibility index (Phi) is 5.47. The van der Waals surface area contributed by atoms with Gasteiger partial charge in [0.1, 0.15) is 0 Å². The molecule has 0 aromatic heterocycles. The molecule has 1 aliphatic rings. The van der Waals surface area contributed by atoms with E-state index in [1.165, 1.54) is 58.6 Å². The van der Waals surface area contributed by atoms with E-state index < -0.39 is 0 Å². The molecule has 3 nitrogen and oxygen atoms in total. The number of nitrogens with zero attached hydrogens (tertiary/aromatic N) is 2. The van der Waals surface area contributed by atoms with Crippen LogP contribution in [-0.4, -0.2) is 19.4 Å². The normalized spacial score (nSPS) is 17.5. The van der Waals surface area contributed by atoms with E-state index in [0.717, 1.165) is 19.5 Å². The number of para-hydroxylation sites is 1. The second-order valence-electron chi connectivity index (χ2n) is 6.63. The van der Waals surface area contributed by atoms with Gasteiger partial charge in [-0.3, -0.25) is 0 Å². The molecule has 4 heteroatoms. The standard InChI is InChI=1S/C20H26N3.Zr/c1-5-17-8-6-7-9-18(17)22-10-11-23(20(22)21)19-15(3)12-14(2)13-16(19)4;/h6-9,12-13,20-21H,5,10-11H2,1-4H3;/q-1;+1. The van der Waals surface area contributed by atoms with Gasteiger partial charge in [-0.2, -0.15) is 0 Å². The average Bonchev–Trinajstić information content (AvgIpc) is 2.97. The Balaban J connectivity index is 1.99. The number of anilines is 2. The number of rotatable bonds is 4. The van der Waals surface area contributed by atoms with Crippen LogP contribution in [0.1, 0.15) is 29.2 Å². The molecule has 0 saturated carbocycles. The Bertz CT molecular complexity index is 706. The first kappa shape index (κ1) is 17.7. The molecule has 24 heavy (non-hydrogen) atoms. The van der Waals surface area contributed by atoms with Crippen molar-refractivity contribution < 1.29 is 25.0 Å². The van der Waals surface area contributed by atoms with Gasteiger partial charge < -0.3 is 0 Å². The van der Waals surface area contributed by atoms with Gasteiger partial charge in [-0.1, -0.05) is 0 Å². The second-order valence-corrected chi connectivity index (χ2v) is 7.34. The fraction of sp³-hybridized carbons (Fsp3) is 0.400. The molecule has 1 atom stereocenters. The van der Waals surface area contributed by atoms with Gasteiger partial charge in [-0.25, -0.2) is 0 Å². The van der Waals surface area contributed by atoms with Crippen LogP contribution in [-0.2, 0) is 31.4 Å². The van der Waals surface area contributed by atoms with Gasteiger partial charge in [0.25, 0.3) is 0 Å². The summed E-state index contributed by atoms with van der Waals surface area (Å²) in [6.07, 6.45) is 1.30. The van der Waals surface area contributed by atoms with E-state index in [4.69, 9.17) is 0 Å². The molecule has 0 aliphatic carbocycles. The number of hydrogen-bond acceptors (Lipinski definition) is 3. The molecule has 1 fully saturated rings. The molecule has 0 radical (unpaired) electrons. The summed E-state index contributed by atoms with van der Waals surface area (Å²) in [5.41, 5.74) is 8.26. The van der Waals surface area contributed by atoms with Gasteiger partial charge in [0.15, 0.2) is 0 Å². The predicted molar refractivity (Wildman–Crippen MR) is 98.1 cm³/mol. The summed E-state index contributed by atoms with van der Waals surface area (Å²) in [5.74, 6) is 0. The first-order chi connectivity index (χ1) is 11.6. The molecule has 1 N–H and O–H groups in total. The second kappa shape index (κ2) is 7.41. The van der Waals surface area contributed by atoms with E-state index in [0.29, 0.717) is 0 Å². The van der Waals surface area contributed by atoms with Crippen molar-refractivity contribution in [3.05, 3.63) is 58.7 Å². The van der Waals surface area contributed by atoms with Crippen LogP contribution < -0.4 is 13.1 Å². The van der Waals surface area contributed by atoms with Crippen LogP contribution in [0.3, 0.4) is 0 Å². The van der Waals surface area contributed by atoms with Crippen molar-refractivity contribution in [2.24, 2.45) is 0 Å². The van der Waals surface area contributed by atoms with Crippen molar-refractivity contribution in [3.8, 4) is 0 Å². The summed E-state index contributed by atoms with van der Waals surface area (Å²) in [4.78, 5) is 5.05. The van der Waals surface area contributed by atoms with Crippen molar-refractivity contribution in [2.45, 2.75) is 40.4 Å². The first-order valence-electron chi connectivity index (χ1n) is 8.68. The Morgan fingerprint density at radius 3 is 2.29 bits per heavy atom. The van der Waals surface area contributed by atoms with E-state index >= 15 is 0 Å². The van der Waals surface area contributed by atoms with Crippen LogP contribution in [0.15, 0.2) is 36.4 Å². The molecule has 1 heterocycles. The van der Waals surface area contributed by atoms with Crippen molar-refractivity contribution >= 4 is 11.4 Å². The monoisotopic (exact) mass is 398 g/mol. The van der Waals surface area contributed by atoms with E-state index in [2.05, 4.69) is 77.2 Å². The molecular formula is C20H26N3Zr. The first-order valence-corrected chi connectivity index (χ1v) is 9.91. The summed E-state index contributed by atoms with van der Waals surface area (Å²) in [5, 5.41) is 0. The van der Waals surface area contributed by atoms with Crippen LogP contribution in [0, 0.1) is 20.8 Å². The quantitative estimate of drug-likeness (QED) is 0.843. The molecule has 0 amide bonds. The molecule has 1 saturated heterocycles. The number of nitrogens with one attached hydrogen (secondary N) is 1. The molecular weight excluding hydrogens is 373 g/mol. The zero-order chi connectivity index (χ0) is 17.3. The van der Waals surface area contributed by atoms with Gasteiger partial charge in [-0.15, -0.1) is 0 Å². The van der Waals surface area contributed by atoms with Gasteiger partial charge in [0.2, 0.25) is 0 Å². The van der Waals surface area contributed by atoms with Gasteiger partial charge in [-0.05, 0) is 0 Å². The Hall–Kier alpha value is -1.12. The Labute approximate surface area is 161 Å². The molecule has 1 aliphatic heterocycles. The predicted octanol–water partition coefficient (Wildman–Crippen LogP) is 3.84. The van der Waals surface area contributed by atoms with E-state index in [1.54, 1.807) is 0 Å². The number of aryl methyl sites for hydroxylation is 4. The Morgan fingerprint density at radius 1 is 1.04 bits per heavy atom. The molecule has 0 bridgehead atoms. The summed E-state index contributed by atoms with van der Waals surface area (Å²) < 4.78 is 3.62. The van der Waals surface area contributed by atoms with Crippen molar-refractivity contribution in [3.63, 3.8) is 0 Å². The third kappa shape index (κ3) is 3.19. The number of benzene rings is 2. The molecule has 125 valence electrons. The minimum atomic E-state index is 0.232. The van der Waals surface area contributed by atoms with Gasteiger partial charge >= 0.3 is 162 Å². The van der Waals surface area contributed by atoms with Crippen molar-refractivity contribution in [2.75, 3.05) is 22.9 Å². The van der Waals surface area contributed by atoms with Crippen LogP contribution in [0.2, 0.25) is 0 Å². The van der Waals surface area contributed by atoms with E-state index in [-0.39, 0.29) is 6.29 Å². The summed E-state index contributed by atoms with van der Waals surface area (Å²) in [6.45, 7) is 11.0. The summed E-state index contributed by atoms with van der Waals surface area (Å²) >= 11 is 1.35. The topological polar surface area (TPSA) is 18.5 Å². The van der Waals surface area contributed by atoms with E-state index in [1.807, 2.05) is 0 Å². The minimum absolute atomic E-state index is 0.232. The SMILES string of the molecule is CCc1ccccc1N1CCN(c2c(C)cc(C)cc2C)C1[NH][Zr]. The molecule has 3 rings (SSSR count). The van der Waals surface area contributed by atoms with Crippen molar-refractivity contribution in [1.29, 1.82) is 0 Å². The van der Waals surface area contributed by atoms with Crippen LogP contribution in [0.5, 0.6) is 0 Å². The van der Waals surface area contributed by atoms with Crippen LogP contribution in [0.25, 0.3) is 0 Å². The fourth-order valence-electron chi connectivity index (χ4n) is 3.99. The van der Waals surface area contributed by atoms with Crippen LogP contribution >= 0.6 is 0 Å². The van der Waals surface area contributed by atoms with Crippen LogP contribution in [0.4, 0.5) is 11.4 Å². The van der Waals surface area contributed by atoms with Crippen molar-refractivity contribution in [1.82, 2.24) is 3.26 Å². The molecule has 2 aromatic rings. The molecule has 2 aromatic carbocycles. The molecule has 0 spiro atoms. The number of hydrogen-bond donors (Lipinski definition) is 1. The summed E-state index contributed by atoms with van der Waals surface area (Å²) in [6, 6.07) is 13.4. The zero-order valence-corrected chi connectivity index (χ0v) is 17.5. The average molecular weight is 400 g/mol. The molecule has 1 unspecified atom stereocenters. The zero-order valence-electron chi connectivity index (χ0n) is 15.1. The third-order valence-electron chi connectivity index (χ3n) is 4.91. The summed E-state index contributed by atoms with van der Waals surface area (Å²) in [7, 11) is 0.